The van der Waals surface area contributed by atoms with Gasteiger partial charge in [0.2, 0.25) is 0 Å². The molecule has 3 rings (SSSR count). The third-order valence-corrected chi connectivity index (χ3v) is 4.61. The van der Waals surface area contributed by atoms with Crippen LogP contribution in [0, 0.1) is 5.92 Å². The van der Waals surface area contributed by atoms with Crippen molar-refractivity contribution in [3.8, 4) is 0 Å². The number of aromatic nitrogens is 1. The Bertz CT molecular complexity index is 387. The number of hydrogen-bond acceptors (Lipinski definition) is 3. The Morgan fingerprint density at radius 3 is 2.89 bits per heavy atom. The fourth-order valence-corrected chi connectivity index (χ4v) is 3.58. The van der Waals surface area contributed by atoms with Gasteiger partial charge in [-0.1, -0.05) is 18.9 Å². The molecule has 0 amide bonds. The van der Waals surface area contributed by atoms with Gasteiger partial charge >= 0.3 is 0 Å². The standard InChI is InChI=1S/C15H23N3/c16-9-12-5-6-14(17-10-12)11-18-8-7-13-3-1-2-4-15(13)18/h5-6,10,13,15H,1-4,7-9,11,16H2. The molecule has 1 aliphatic carbocycles. The molecule has 2 unspecified atom stereocenters. The van der Waals surface area contributed by atoms with E-state index in [4.69, 9.17) is 5.73 Å². The molecular weight excluding hydrogens is 222 g/mol. The van der Waals surface area contributed by atoms with Crippen LogP contribution in [-0.4, -0.2) is 22.5 Å². The van der Waals surface area contributed by atoms with E-state index >= 15 is 0 Å². The van der Waals surface area contributed by atoms with Crippen LogP contribution >= 0.6 is 0 Å². The Labute approximate surface area is 109 Å². The molecule has 0 radical (unpaired) electrons. The predicted molar refractivity (Wildman–Crippen MR) is 72.9 cm³/mol. The highest BCUT2D eigenvalue weighted by Crippen LogP contribution is 2.36. The van der Waals surface area contributed by atoms with E-state index in [0.29, 0.717) is 6.54 Å². The van der Waals surface area contributed by atoms with E-state index < -0.39 is 0 Å². The van der Waals surface area contributed by atoms with E-state index in [9.17, 15) is 0 Å². The second-order valence-corrected chi connectivity index (χ2v) is 5.73. The molecule has 98 valence electrons. The Hall–Kier alpha value is -0.930. The Balaban J connectivity index is 1.65. The molecule has 1 saturated carbocycles. The van der Waals surface area contributed by atoms with Gasteiger partial charge in [-0.25, -0.2) is 0 Å². The van der Waals surface area contributed by atoms with Crippen molar-refractivity contribution in [1.82, 2.24) is 9.88 Å². The SMILES string of the molecule is NCc1ccc(CN2CCC3CCCCC32)nc1. The topological polar surface area (TPSA) is 42.1 Å². The summed E-state index contributed by atoms with van der Waals surface area (Å²) in [6.45, 7) is 2.86. The highest BCUT2D eigenvalue weighted by molar-refractivity contribution is 5.14. The van der Waals surface area contributed by atoms with Crippen molar-refractivity contribution in [2.45, 2.75) is 51.2 Å². The smallest absolute Gasteiger partial charge is 0.0544 e. The highest BCUT2D eigenvalue weighted by Gasteiger charge is 2.35. The molecule has 0 spiro atoms. The highest BCUT2D eigenvalue weighted by atomic mass is 15.2. The first-order valence-corrected chi connectivity index (χ1v) is 7.25. The molecule has 0 aromatic carbocycles. The summed E-state index contributed by atoms with van der Waals surface area (Å²) < 4.78 is 0. The van der Waals surface area contributed by atoms with Gasteiger partial charge in [-0.05, 0) is 43.4 Å². The summed E-state index contributed by atoms with van der Waals surface area (Å²) in [6.07, 6.45) is 9.01. The quantitative estimate of drug-likeness (QED) is 0.888. The molecule has 2 N–H and O–H groups in total. The van der Waals surface area contributed by atoms with Gasteiger partial charge in [0.1, 0.15) is 0 Å². The van der Waals surface area contributed by atoms with E-state index in [2.05, 4.69) is 22.0 Å². The number of pyridine rings is 1. The number of likely N-dealkylation sites (tertiary alicyclic amines) is 1. The lowest BCUT2D eigenvalue weighted by Gasteiger charge is -2.31. The lowest BCUT2D eigenvalue weighted by Crippen LogP contribution is -2.34. The van der Waals surface area contributed by atoms with Crippen LogP contribution in [0.5, 0.6) is 0 Å². The normalized spacial score (nSPS) is 28.3. The lowest BCUT2D eigenvalue weighted by molar-refractivity contribution is 0.174. The van der Waals surface area contributed by atoms with Crippen LogP contribution in [-0.2, 0) is 13.1 Å². The monoisotopic (exact) mass is 245 g/mol. The van der Waals surface area contributed by atoms with Crippen LogP contribution in [0.1, 0.15) is 43.4 Å². The van der Waals surface area contributed by atoms with Gasteiger partial charge in [0.15, 0.2) is 0 Å². The zero-order valence-corrected chi connectivity index (χ0v) is 11.0. The number of rotatable bonds is 3. The second kappa shape index (κ2) is 5.37. The maximum atomic E-state index is 5.60. The van der Waals surface area contributed by atoms with Gasteiger partial charge in [-0.2, -0.15) is 0 Å². The van der Waals surface area contributed by atoms with Crippen molar-refractivity contribution in [3.05, 3.63) is 29.6 Å². The van der Waals surface area contributed by atoms with Crippen molar-refractivity contribution in [2.75, 3.05) is 6.54 Å². The number of hydrogen-bond donors (Lipinski definition) is 1. The predicted octanol–water partition coefficient (Wildman–Crippen LogP) is 2.30. The van der Waals surface area contributed by atoms with Crippen molar-refractivity contribution in [3.63, 3.8) is 0 Å². The lowest BCUT2D eigenvalue weighted by atomic mass is 9.85. The summed E-state index contributed by atoms with van der Waals surface area (Å²) in [5, 5.41) is 0. The van der Waals surface area contributed by atoms with Crippen LogP contribution < -0.4 is 5.73 Å². The summed E-state index contributed by atoms with van der Waals surface area (Å²) in [7, 11) is 0. The van der Waals surface area contributed by atoms with Crippen LogP contribution in [0.2, 0.25) is 0 Å². The number of nitrogens with two attached hydrogens (primary N) is 1. The zero-order valence-electron chi connectivity index (χ0n) is 11.0. The van der Waals surface area contributed by atoms with Gasteiger partial charge in [-0.3, -0.25) is 9.88 Å². The third-order valence-electron chi connectivity index (χ3n) is 4.61. The van der Waals surface area contributed by atoms with Crippen LogP contribution in [0.15, 0.2) is 18.3 Å². The van der Waals surface area contributed by atoms with Gasteiger partial charge in [-0.15, -0.1) is 0 Å². The van der Waals surface area contributed by atoms with Crippen molar-refractivity contribution in [2.24, 2.45) is 11.7 Å². The summed E-state index contributed by atoms with van der Waals surface area (Å²) in [4.78, 5) is 7.18. The molecule has 18 heavy (non-hydrogen) atoms. The maximum Gasteiger partial charge on any atom is 0.0544 e. The minimum absolute atomic E-state index is 0.585. The number of nitrogens with zero attached hydrogens (tertiary/aromatic N) is 2. The van der Waals surface area contributed by atoms with Gasteiger partial charge in [0.05, 0.1) is 5.69 Å². The second-order valence-electron chi connectivity index (χ2n) is 5.73. The molecular formula is C15H23N3. The van der Waals surface area contributed by atoms with E-state index in [-0.39, 0.29) is 0 Å². The van der Waals surface area contributed by atoms with E-state index in [1.807, 2.05) is 6.20 Å². The van der Waals surface area contributed by atoms with Crippen molar-refractivity contribution < 1.29 is 0 Å². The molecule has 2 fully saturated rings. The molecule has 1 aliphatic heterocycles. The molecule has 1 saturated heterocycles. The Morgan fingerprint density at radius 2 is 2.11 bits per heavy atom. The van der Waals surface area contributed by atoms with Gasteiger partial charge in [0.25, 0.3) is 0 Å². The van der Waals surface area contributed by atoms with Gasteiger partial charge in [0, 0.05) is 25.3 Å². The van der Waals surface area contributed by atoms with Gasteiger partial charge < -0.3 is 5.73 Å². The maximum absolute atomic E-state index is 5.60. The molecule has 1 aromatic rings. The fourth-order valence-electron chi connectivity index (χ4n) is 3.58. The fraction of sp³-hybridized carbons (Fsp3) is 0.667. The minimum Gasteiger partial charge on any atom is -0.326 e. The summed E-state index contributed by atoms with van der Waals surface area (Å²) >= 11 is 0. The molecule has 2 heterocycles. The first-order chi connectivity index (χ1) is 8.86. The molecule has 2 aliphatic rings. The minimum atomic E-state index is 0.585. The Kier molecular flexibility index (Phi) is 3.62. The molecule has 1 aromatic heterocycles. The van der Waals surface area contributed by atoms with E-state index in [1.165, 1.54) is 44.3 Å². The largest absolute Gasteiger partial charge is 0.326 e. The van der Waals surface area contributed by atoms with E-state index in [0.717, 1.165) is 24.1 Å². The van der Waals surface area contributed by atoms with E-state index in [1.54, 1.807) is 0 Å². The average molecular weight is 245 g/mol. The average Bonchev–Trinajstić information content (AvgIpc) is 2.83. The number of fused-ring (bicyclic) bond motifs is 1. The molecule has 3 heteroatoms. The first kappa shape index (κ1) is 12.1. The summed E-state index contributed by atoms with van der Waals surface area (Å²) in [5.41, 5.74) is 7.91. The summed E-state index contributed by atoms with van der Waals surface area (Å²) in [6, 6.07) is 5.07. The molecule has 0 bridgehead atoms. The van der Waals surface area contributed by atoms with Crippen LogP contribution in [0.3, 0.4) is 0 Å². The third kappa shape index (κ3) is 2.43. The summed E-state index contributed by atoms with van der Waals surface area (Å²) in [5.74, 6) is 0.960. The van der Waals surface area contributed by atoms with Crippen LogP contribution in [0.25, 0.3) is 0 Å². The van der Waals surface area contributed by atoms with Crippen molar-refractivity contribution >= 4 is 0 Å². The van der Waals surface area contributed by atoms with Crippen LogP contribution in [0.4, 0.5) is 0 Å². The molecule has 2 atom stereocenters. The Morgan fingerprint density at radius 1 is 1.22 bits per heavy atom. The first-order valence-electron chi connectivity index (χ1n) is 7.25. The molecule has 3 nitrogen and oxygen atoms in total. The van der Waals surface area contributed by atoms with Crippen molar-refractivity contribution in [1.29, 1.82) is 0 Å². The zero-order chi connectivity index (χ0) is 12.4.